The molecule has 0 aromatic heterocycles. The highest BCUT2D eigenvalue weighted by Gasteiger charge is 2.32. The van der Waals surface area contributed by atoms with E-state index in [-0.39, 0.29) is 5.75 Å². The van der Waals surface area contributed by atoms with Gasteiger partial charge in [-0.05, 0) is 38.1 Å². The molecule has 0 radical (unpaired) electrons. The van der Waals surface area contributed by atoms with E-state index < -0.39 is 5.60 Å². The summed E-state index contributed by atoms with van der Waals surface area (Å²) in [4.78, 5) is 2.06. The molecule has 0 saturated heterocycles. The van der Waals surface area contributed by atoms with Gasteiger partial charge in [0.05, 0.1) is 12.7 Å². The quantitative estimate of drug-likeness (QED) is 0.856. The zero-order chi connectivity index (χ0) is 13.9. The Morgan fingerprint density at radius 2 is 2.00 bits per heavy atom. The van der Waals surface area contributed by atoms with Gasteiger partial charge in [0.2, 0.25) is 0 Å². The second kappa shape index (κ2) is 5.80. The van der Waals surface area contributed by atoms with E-state index in [1.54, 1.807) is 19.2 Å². The van der Waals surface area contributed by atoms with Crippen LogP contribution in [0.1, 0.15) is 31.2 Å². The first-order valence-corrected chi connectivity index (χ1v) is 6.79. The largest absolute Gasteiger partial charge is 0.508 e. The summed E-state index contributed by atoms with van der Waals surface area (Å²) in [6.45, 7) is 1.25. The van der Waals surface area contributed by atoms with E-state index in [4.69, 9.17) is 4.74 Å². The molecular weight excluding hydrogens is 242 g/mol. The summed E-state index contributed by atoms with van der Waals surface area (Å²) in [7, 11) is 3.58. The number of phenols is 1. The van der Waals surface area contributed by atoms with Gasteiger partial charge in [0.1, 0.15) is 11.5 Å². The van der Waals surface area contributed by atoms with Gasteiger partial charge in [-0.1, -0.05) is 12.8 Å². The molecule has 2 N–H and O–H groups in total. The summed E-state index contributed by atoms with van der Waals surface area (Å²) in [5.41, 5.74) is 0.270. The predicted octanol–water partition coefficient (Wildman–Crippen LogP) is 2.14. The summed E-state index contributed by atoms with van der Waals surface area (Å²) in [5, 5.41) is 20.2. The molecule has 0 spiro atoms. The first-order valence-electron chi connectivity index (χ1n) is 6.79. The van der Waals surface area contributed by atoms with Crippen molar-refractivity contribution < 1.29 is 14.9 Å². The highest BCUT2D eigenvalue weighted by Crippen LogP contribution is 2.31. The maximum absolute atomic E-state index is 10.4. The van der Waals surface area contributed by atoms with Gasteiger partial charge in [-0.25, -0.2) is 0 Å². The maximum Gasteiger partial charge on any atom is 0.120 e. The fourth-order valence-corrected chi connectivity index (χ4v) is 2.86. The van der Waals surface area contributed by atoms with E-state index >= 15 is 0 Å². The SMILES string of the molecule is COc1ccc(O)c(CN(C)CC2(O)CCCC2)c1. The number of aliphatic hydroxyl groups is 1. The van der Waals surface area contributed by atoms with E-state index in [0.717, 1.165) is 37.0 Å². The lowest BCUT2D eigenvalue weighted by atomic mass is 10.0. The van der Waals surface area contributed by atoms with E-state index in [2.05, 4.69) is 4.90 Å². The number of aromatic hydroxyl groups is 1. The van der Waals surface area contributed by atoms with Crippen LogP contribution in [0, 0.1) is 0 Å². The first-order chi connectivity index (χ1) is 9.02. The number of phenolic OH excluding ortho intramolecular Hbond substituents is 1. The van der Waals surface area contributed by atoms with Crippen molar-refractivity contribution in [3.8, 4) is 11.5 Å². The van der Waals surface area contributed by atoms with Crippen molar-refractivity contribution in [3.63, 3.8) is 0 Å². The number of benzene rings is 1. The summed E-state index contributed by atoms with van der Waals surface area (Å²) < 4.78 is 5.17. The number of hydrogen-bond donors (Lipinski definition) is 2. The number of likely N-dealkylation sites (N-methyl/N-ethyl adjacent to an activating group) is 1. The average molecular weight is 265 g/mol. The normalized spacial score (nSPS) is 17.9. The van der Waals surface area contributed by atoms with Crippen LogP contribution in [0.2, 0.25) is 0 Å². The minimum absolute atomic E-state index is 0.270. The molecule has 2 rings (SSSR count). The van der Waals surface area contributed by atoms with Crippen molar-refractivity contribution in [2.24, 2.45) is 0 Å². The van der Waals surface area contributed by atoms with E-state index in [1.807, 2.05) is 13.1 Å². The summed E-state index contributed by atoms with van der Waals surface area (Å²) in [6, 6.07) is 5.22. The van der Waals surface area contributed by atoms with Crippen LogP contribution in [0.25, 0.3) is 0 Å². The van der Waals surface area contributed by atoms with E-state index in [0.29, 0.717) is 13.1 Å². The van der Waals surface area contributed by atoms with Gasteiger partial charge < -0.3 is 14.9 Å². The van der Waals surface area contributed by atoms with Crippen LogP contribution in [0.15, 0.2) is 18.2 Å². The molecule has 0 unspecified atom stereocenters. The fraction of sp³-hybridized carbons (Fsp3) is 0.600. The smallest absolute Gasteiger partial charge is 0.120 e. The molecule has 0 aliphatic heterocycles. The van der Waals surface area contributed by atoms with Crippen molar-refractivity contribution in [1.29, 1.82) is 0 Å². The lowest BCUT2D eigenvalue weighted by Crippen LogP contribution is -2.38. The Morgan fingerprint density at radius 3 is 2.63 bits per heavy atom. The van der Waals surface area contributed by atoms with Gasteiger partial charge >= 0.3 is 0 Å². The molecule has 19 heavy (non-hydrogen) atoms. The Kier molecular flexibility index (Phi) is 4.32. The number of ether oxygens (including phenoxy) is 1. The monoisotopic (exact) mass is 265 g/mol. The second-order valence-corrected chi connectivity index (χ2v) is 5.60. The number of nitrogens with zero attached hydrogens (tertiary/aromatic N) is 1. The zero-order valence-corrected chi connectivity index (χ0v) is 11.7. The number of hydrogen-bond acceptors (Lipinski definition) is 4. The maximum atomic E-state index is 10.4. The molecule has 1 aromatic carbocycles. The number of rotatable bonds is 5. The van der Waals surface area contributed by atoms with Crippen molar-refractivity contribution >= 4 is 0 Å². The highest BCUT2D eigenvalue weighted by atomic mass is 16.5. The Labute approximate surface area is 114 Å². The third-order valence-corrected chi connectivity index (χ3v) is 3.83. The Balaban J connectivity index is 2.00. The van der Waals surface area contributed by atoms with Crippen LogP contribution in [0.4, 0.5) is 0 Å². The lowest BCUT2D eigenvalue weighted by Gasteiger charge is -2.28. The topological polar surface area (TPSA) is 52.9 Å². The lowest BCUT2D eigenvalue weighted by molar-refractivity contribution is 0.0143. The van der Waals surface area contributed by atoms with Crippen LogP contribution < -0.4 is 4.74 Å². The standard InChI is InChI=1S/C15H23NO3/c1-16(11-15(18)7-3-4-8-15)10-12-9-13(19-2)5-6-14(12)17/h5-6,9,17-18H,3-4,7-8,10-11H2,1-2H3. The molecule has 1 aliphatic carbocycles. The molecule has 1 aliphatic rings. The first kappa shape index (κ1) is 14.2. The van der Waals surface area contributed by atoms with Gasteiger partial charge in [-0.2, -0.15) is 0 Å². The molecule has 4 nitrogen and oxygen atoms in total. The highest BCUT2D eigenvalue weighted by molar-refractivity contribution is 5.39. The second-order valence-electron chi connectivity index (χ2n) is 5.60. The third-order valence-electron chi connectivity index (χ3n) is 3.83. The Morgan fingerprint density at radius 1 is 1.32 bits per heavy atom. The minimum Gasteiger partial charge on any atom is -0.508 e. The van der Waals surface area contributed by atoms with Crippen LogP contribution in [-0.2, 0) is 6.54 Å². The number of methoxy groups -OCH3 is 1. The Bertz CT molecular complexity index is 427. The third kappa shape index (κ3) is 3.61. The van der Waals surface area contributed by atoms with Crippen molar-refractivity contribution in [2.45, 2.75) is 37.8 Å². The fourth-order valence-electron chi connectivity index (χ4n) is 2.86. The van der Waals surface area contributed by atoms with Gasteiger partial charge in [0.25, 0.3) is 0 Å². The van der Waals surface area contributed by atoms with Gasteiger partial charge in [-0.3, -0.25) is 4.90 Å². The summed E-state index contributed by atoms with van der Waals surface area (Å²) in [5.74, 6) is 1.01. The Hall–Kier alpha value is -1.26. The van der Waals surface area contributed by atoms with Crippen molar-refractivity contribution in [2.75, 3.05) is 20.7 Å². The molecule has 106 valence electrons. The molecule has 1 aromatic rings. The van der Waals surface area contributed by atoms with Crippen LogP contribution >= 0.6 is 0 Å². The molecule has 1 saturated carbocycles. The van der Waals surface area contributed by atoms with Crippen LogP contribution in [0.3, 0.4) is 0 Å². The molecule has 1 fully saturated rings. The molecular formula is C15H23NO3. The molecule has 0 amide bonds. The van der Waals surface area contributed by atoms with Crippen molar-refractivity contribution in [3.05, 3.63) is 23.8 Å². The average Bonchev–Trinajstić information content (AvgIpc) is 2.78. The van der Waals surface area contributed by atoms with Gasteiger partial charge in [0, 0.05) is 18.7 Å². The predicted molar refractivity (Wildman–Crippen MR) is 74.4 cm³/mol. The van der Waals surface area contributed by atoms with Crippen LogP contribution in [0.5, 0.6) is 11.5 Å². The molecule has 0 bridgehead atoms. The van der Waals surface area contributed by atoms with E-state index in [1.165, 1.54) is 0 Å². The van der Waals surface area contributed by atoms with Crippen molar-refractivity contribution in [1.82, 2.24) is 4.90 Å². The minimum atomic E-state index is -0.552. The summed E-state index contributed by atoms with van der Waals surface area (Å²) >= 11 is 0. The van der Waals surface area contributed by atoms with Gasteiger partial charge in [-0.15, -0.1) is 0 Å². The molecule has 4 heteroatoms. The molecule has 0 heterocycles. The van der Waals surface area contributed by atoms with Crippen LogP contribution in [-0.4, -0.2) is 41.4 Å². The zero-order valence-electron chi connectivity index (χ0n) is 11.7. The van der Waals surface area contributed by atoms with Gasteiger partial charge in [0.15, 0.2) is 0 Å². The summed E-state index contributed by atoms with van der Waals surface area (Å²) in [6.07, 6.45) is 3.96. The molecule has 0 atom stereocenters. The van der Waals surface area contributed by atoms with E-state index in [9.17, 15) is 10.2 Å².